The first kappa shape index (κ1) is 33.1. The molecule has 3 heterocycles. The van der Waals surface area contributed by atoms with Gasteiger partial charge in [0.2, 0.25) is 5.88 Å². The molecule has 2 aromatic carbocycles. The minimum atomic E-state index is -3.51. The molecule has 15 heteroatoms. The first-order valence-electron chi connectivity index (χ1n) is 14.6. The number of nitrogens with one attached hydrogen (secondary N) is 1. The summed E-state index contributed by atoms with van der Waals surface area (Å²) in [5, 5.41) is 27.5. The predicted molar refractivity (Wildman–Crippen MR) is 170 cm³/mol. The number of aliphatic hydroxyl groups excluding tert-OH is 1. The van der Waals surface area contributed by atoms with Crippen molar-refractivity contribution in [3.8, 4) is 11.6 Å². The van der Waals surface area contributed by atoms with Crippen LogP contribution in [0.5, 0.6) is 11.6 Å². The first-order chi connectivity index (χ1) is 21.4. The monoisotopic (exact) mass is 659 g/mol. The lowest BCUT2D eigenvalue weighted by molar-refractivity contribution is -0.150. The maximum atomic E-state index is 12.9. The second-order valence-corrected chi connectivity index (χ2v) is 14.3. The molecule has 0 saturated carbocycles. The third kappa shape index (κ3) is 6.82. The lowest BCUT2D eigenvalue weighted by atomic mass is 9.96. The van der Waals surface area contributed by atoms with Crippen molar-refractivity contribution in [1.29, 1.82) is 0 Å². The van der Waals surface area contributed by atoms with Crippen LogP contribution in [0.1, 0.15) is 46.2 Å². The fourth-order valence-electron chi connectivity index (χ4n) is 5.03. The van der Waals surface area contributed by atoms with Crippen molar-refractivity contribution < 1.29 is 38.3 Å². The standard InChI is InChI=1S/C30H38N5O8PS/c1-7-17(2)41-28(37)18(3)34-44(45,43-22-14-10-12-20-11-8-9-13-21(20)22)40-15-23-25(36)30(5,38)29(42-23)35-16-31-24-26(35)32-19(4)33-27(24)39-6/h8-14,16-18,23,25,29,36,38H,7,15H2,1-6H3,(H,34,45)/t17?,18?,23-,25-,29-,30-,44?/m1/s1. The number of hydrogen-bond acceptors (Lipinski definition) is 12. The Hall–Kier alpha value is -3.23. The lowest BCUT2D eigenvalue weighted by Gasteiger charge is -2.29. The topological polar surface area (TPSA) is 159 Å². The normalized spacial score (nSPS) is 24.3. The highest BCUT2D eigenvalue weighted by molar-refractivity contribution is 8.09. The summed E-state index contributed by atoms with van der Waals surface area (Å²) in [5.41, 5.74) is -1.05. The average Bonchev–Trinajstić information content (AvgIpc) is 3.52. The number of rotatable bonds is 12. The number of benzene rings is 2. The molecule has 242 valence electrons. The minimum Gasteiger partial charge on any atom is -0.479 e. The number of aliphatic hydroxyl groups is 2. The Balaban J connectivity index is 1.41. The van der Waals surface area contributed by atoms with Gasteiger partial charge in [-0.25, -0.2) is 15.1 Å². The number of esters is 1. The Labute approximate surface area is 266 Å². The van der Waals surface area contributed by atoms with Crippen LogP contribution in [0.3, 0.4) is 0 Å². The molecule has 0 radical (unpaired) electrons. The van der Waals surface area contributed by atoms with Gasteiger partial charge in [-0.1, -0.05) is 43.3 Å². The molecule has 45 heavy (non-hydrogen) atoms. The number of fused-ring (bicyclic) bond motifs is 2. The Bertz CT molecular complexity index is 1730. The van der Waals surface area contributed by atoms with E-state index >= 15 is 0 Å². The average molecular weight is 660 g/mol. The summed E-state index contributed by atoms with van der Waals surface area (Å²) in [6, 6.07) is 12.3. The van der Waals surface area contributed by atoms with E-state index in [-0.39, 0.29) is 18.6 Å². The van der Waals surface area contributed by atoms with Crippen molar-refractivity contribution in [3.63, 3.8) is 0 Å². The molecule has 3 unspecified atom stereocenters. The van der Waals surface area contributed by atoms with Gasteiger partial charge in [0.1, 0.15) is 35.4 Å². The Morgan fingerprint density at radius 1 is 1.22 bits per heavy atom. The van der Waals surface area contributed by atoms with Crippen molar-refractivity contribution in [2.75, 3.05) is 13.7 Å². The van der Waals surface area contributed by atoms with Crippen LogP contribution in [0.15, 0.2) is 48.8 Å². The molecular weight excluding hydrogens is 621 g/mol. The van der Waals surface area contributed by atoms with Crippen molar-refractivity contribution in [3.05, 3.63) is 54.6 Å². The molecule has 2 aromatic heterocycles. The van der Waals surface area contributed by atoms with E-state index in [0.29, 0.717) is 29.2 Å². The number of carbonyl (C=O) groups is 1. The Morgan fingerprint density at radius 2 is 1.96 bits per heavy atom. The predicted octanol–water partition coefficient (Wildman–Crippen LogP) is 3.95. The van der Waals surface area contributed by atoms with Crippen LogP contribution in [-0.4, -0.2) is 79.4 Å². The summed E-state index contributed by atoms with van der Waals surface area (Å²) in [7, 11) is 1.48. The summed E-state index contributed by atoms with van der Waals surface area (Å²) in [6.07, 6.45) is -1.74. The van der Waals surface area contributed by atoms with Gasteiger partial charge in [0, 0.05) is 5.39 Å². The van der Waals surface area contributed by atoms with E-state index in [1.54, 1.807) is 26.8 Å². The van der Waals surface area contributed by atoms with Crippen LogP contribution < -0.4 is 14.3 Å². The van der Waals surface area contributed by atoms with Crippen LogP contribution in [0.2, 0.25) is 0 Å². The highest BCUT2D eigenvalue weighted by atomic mass is 32.5. The minimum absolute atomic E-state index is 0.271. The molecule has 1 aliphatic heterocycles. The van der Waals surface area contributed by atoms with Gasteiger partial charge < -0.3 is 33.5 Å². The zero-order chi connectivity index (χ0) is 32.5. The molecule has 0 aliphatic carbocycles. The number of nitrogens with zero attached hydrogens (tertiary/aromatic N) is 4. The molecular formula is C30H38N5O8PS. The maximum Gasteiger partial charge on any atom is 0.323 e. The van der Waals surface area contributed by atoms with E-state index in [2.05, 4.69) is 20.0 Å². The number of methoxy groups -OCH3 is 1. The molecule has 7 atom stereocenters. The summed E-state index contributed by atoms with van der Waals surface area (Å²) in [6.45, 7) is 4.70. The summed E-state index contributed by atoms with van der Waals surface area (Å²) < 4.78 is 31.1. The number of ether oxygens (including phenoxy) is 3. The molecule has 0 bridgehead atoms. The SMILES string of the molecule is CCC(C)OC(=O)C(C)NP(=S)(OC[C@H]1O[C@@H](n2cnc3c(OC)nc(C)nc32)[C@](C)(O)[C@@H]1O)Oc1cccc2ccccc12. The van der Waals surface area contributed by atoms with Gasteiger partial charge in [0.15, 0.2) is 17.4 Å². The van der Waals surface area contributed by atoms with Crippen molar-refractivity contribution >= 4 is 46.4 Å². The third-order valence-electron chi connectivity index (χ3n) is 7.68. The molecule has 1 aliphatic rings. The van der Waals surface area contributed by atoms with E-state index in [9.17, 15) is 15.0 Å². The first-order valence-corrected chi connectivity index (χ1v) is 17.2. The van der Waals surface area contributed by atoms with E-state index in [1.165, 1.54) is 24.9 Å². The van der Waals surface area contributed by atoms with Crippen LogP contribution >= 0.6 is 6.64 Å². The summed E-state index contributed by atoms with van der Waals surface area (Å²) in [5.74, 6) is 0.645. The number of aromatic nitrogens is 4. The third-order valence-corrected chi connectivity index (χ3v) is 10.2. The molecule has 13 nitrogen and oxygen atoms in total. The van der Waals surface area contributed by atoms with Crippen LogP contribution in [0.4, 0.5) is 0 Å². The number of carbonyl (C=O) groups excluding carboxylic acids is 1. The Kier molecular flexibility index (Phi) is 9.76. The molecule has 3 N–H and O–H groups in total. The molecule has 0 spiro atoms. The summed E-state index contributed by atoms with van der Waals surface area (Å²) >= 11 is 5.93. The zero-order valence-corrected chi connectivity index (χ0v) is 27.6. The van der Waals surface area contributed by atoms with E-state index in [0.717, 1.165) is 10.8 Å². The second-order valence-electron chi connectivity index (χ2n) is 11.2. The maximum absolute atomic E-state index is 12.9. The molecule has 4 aromatic rings. The molecule has 1 saturated heterocycles. The van der Waals surface area contributed by atoms with Gasteiger partial charge in [-0.15, -0.1) is 0 Å². The highest BCUT2D eigenvalue weighted by Crippen LogP contribution is 2.49. The molecule has 0 amide bonds. The van der Waals surface area contributed by atoms with Crippen LogP contribution in [0.25, 0.3) is 21.9 Å². The van der Waals surface area contributed by atoms with Gasteiger partial charge in [-0.3, -0.25) is 9.36 Å². The van der Waals surface area contributed by atoms with Gasteiger partial charge >= 0.3 is 12.6 Å². The van der Waals surface area contributed by atoms with Gasteiger partial charge in [-0.2, -0.15) is 4.98 Å². The van der Waals surface area contributed by atoms with Crippen molar-refractivity contribution in [2.24, 2.45) is 0 Å². The largest absolute Gasteiger partial charge is 0.479 e. The Morgan fingerprint density at radius 3 is 2.69 bits per heavy atom. The van der Waals surface area contributed by atoms with E-state index < -0.39 is 42.7 Å². The fourth-order valence-corrected chi connectivity index (χ4v) is 7.44. The highest BCUT2D eigenvalue weighted by Gasteiger charge is 2.54. The second kappa shape index (κ2) is 13.2. The lowest BCUT2D eigenvalue weighted by Crippen LogP contribution is -2.44. The van der Waals surface area contributed by atoms with Gasteiger partial charge in [0.25, 0.3) is 0 Å². The van der Waals surface area contributed by atoms with Gasteiger partial charge in [0.05, 0.1) is 26.1 Å². The molecule has 1 fully saturated rings. The van der Waals surface area contributed by atoms with E-state index in [4.69, 9.17) is 35.1 Å². The van der Waals surface area contributed by atoms with Crippen molar-refractivity contribution in [1.82, 2.24) is 24.6 Å². The van der Waals surface area contributed by atoms with E-state index in [1.807, 2.05) is 43.3 Å². The number of hydrogen-bond donors (Lipinski definition) is 3. The smallest absolute Gasteiger partial charge is 0.323 e. The molecule has 5 rings (SSSR count). The van der Waals surface area contributed by atoms with Crippen LogP contribution in [0, 0.1) is 6.92 Å². The van der Waals surface area contributed by atoms with Crippen molar-refractivity contribution in [2.45, 2.75) is 77.2 Å². The number of aryl methyl sites for hydroxylation is 1. The zero-order valence-electron chi connectivity index (χ0n) is 25.9. The fraction of sp³-hybridized carbons (Fsp3) is 0.467. The van der Waals surface area contributed by atoms with Gasteiger partial charge in [-0.05, 0) is 57.4 Å². The quantitative estimate of drug-likeness (QED) is 0.148. The summed E-state index contributed by atoms with van der Waals surface area (Å²) in [4.78, 5) is 25.9. The number of imidazole rings is 1. The van der Waals surface area contributed by atoms with Crippen LogP contribution in [-0.2, 0) is 30.6 Å².